The molecule has 1 aromatic rings. The third-order valence-corrected chi connectivity index (χ3v) is 4.21. The smallest absolute Gasteiger partial charge is 0.250 e. The van der Waals surface area contributed by atoms with E-state index in [0.717, 1.165) is 0 Å². The second-order valence-electron chi connectivity index (χ2n) is 6.40. The topological polar surface area (TPSA) is 51.7 Å². The van der Waals surface area contributed by atoms with Gasteiger partial charge in [0.05, 0.1) is 19.7 Å². The van der Waals surface area contributed by atoms with Crippen LogP contribution in [0.2, 0.25) is 0 Å². The maximum absolute atomic E-state index is 13.6. The summed E-state index contributed by atoms with van der Waals surface area (Å²) in [6.45, 7) is 5.53. The lowest BCUT2D eigenvalue weighted by molar-refractivity contribution is -0.195. The van der Waals surface area contributed by atoms with Crippen molar-refractivity contribution in [2.75, 3.05) is 19.7 Å². The standard InChI is InChI=1S/C16H21FN2O3/c1-11(2)15(20)19-9-16(10-19)8-12(5-7-21-16)22-14-13(17)4-3-6-18-14/h3-4,6,11-12H,5,7-10H2,1-2H3/t12-/m0/s1. The van der Waals surface area contributed by atoms with Crippen molar-refractivity contribution in [2.45, 2.75) is 38.4 Å². The van der Waals surface area contributed by atoms with Crippen LogP contribution in [0.4, 0.5) is 4.39 Å². The van der Waals surface area contributed by atoms with Crippen molar-refractivity contribution in [3.05, 3.63) is 24.1 Å². The molecule has 22 heavy (non-hydrogen) atoms. The summed E-state index contributed by atoms with van der Waals surface area (Å²) in [5.74, 6) is -0.268. The van der Waals surface area contributed by atoms with Crippen molar-refractivity contribution < 1.29 is 18.7 Å². The van der Waals surface area contributed by atoms with Crippen LogP contribution in [0.3, 0.4) is 0 Å². The van der Waals surface area contributed by atoms with Crippen LogP contribution in [-0.4, -0.2) is 47.2 Å². The highest BCUT2D eigenvalue weighted by Crippen LogP contribution is 2.36. The number of hydrogen-bond donors (Lipinski definition) is 0. The first-order valence-corrected chi connectivity index (χ1v) is 7.69. The minimum atomic E-state index is -0.451. The molecule has 0 radical (unpaired) electrons. The summed E-state index contributed by atoms with van der Waals surface area (Å²) in [5, 5.41) is 0. The van der Waals surface area contributed by atoms with Crippen LogP contribution in [0.1, 0.15) is 26.7 Å². The van der Waals surface area contributed by atoms with Crippen molar-refractivity contribution in [2.24, 2.45) is 5.92 Å². The van der Waals surface area contributed by atoms with E-state index in [1.165, 1.54) is 18.3 Å². The van der Waals surface area contributed by atoms with Gasteiger partial charge < -0.3 is 14.4 Å². The van der Waals surface area contributed by atoms with Crippen molar-refractivity contribution in [3.63, 3.8) is 0 Å². The number of carbonyl (C=O) groups is 1. The fraction of sp³-hybridized carbons (Fsp3) is 0.625. The average Bonchev–Trinajstić information content (AvgIpc) is 2.46. The van der Waals surface area contributed by atoms with E-state index < -0.39 is 5.82 Å². The van der Waals surface area contributed by atoms with Crippen LogP contribution < -0.4 is 4.74 Å². The van der Waals surface area contributed by atoms with E-state index in [1.807, 2.05) is 18.7 Å². The van der Waals surface area contributed by atoms with Gasteiger partial charge in [0.15, 0.2) is 5.82 Å². The van der Waals surface area contributed by atoms with Crippen LogP contribution in [-0.2, 0) is 9.53 Å². The van der Waals surface area contributed by atoms with Crippen LogP contribution in [0.15, 0.2) is 18.3 Å². The molecule has 1 atom stereocenters. The highest BCUT2D eigenvalue weighted by molar-refractivity contribution is 5.79. The van der Waals surface area contributed by atoms with Gasteiger partial charge in [0, 0.05) is 25.0 Å². The minimum Gasteiger partial charge on any atom is -0.472 e. The molecule has 5 nitrogen and oxygen atoms in total. The molecule has 2 aliphatic rings. The highest BCUT2D eigenvalue weighted by atomic mass is 19.1. The Balaban J connectivity index is 1.59. The summed E-state index contributed by atoms with van der Waals surface area (Å²) in [7, 11) is 0. The zero-order valence-electron chi connectivity index (χ0n) is 12.9. The monoisotopic (exact) mass is 308 g/mol. The van der Waals surface area contributed by atoms with Crippen LogP contribution in [0, 0.1) is 11.7 Å². The molecule has 2 saturated heterocycles. The summed E-state index contributed by atoms with van der Waals surface area (Å²) in [6.07, 6.45) is 2.75. The Morgan fingerprint density at radius 1 is 1.55 bits per heavy atom. The number of halogens is 1. The fourth-order valence-electron chi connectivity index (χ4n) is 3.09. The number of carbonyl (C=O) groups excluding carboxylic acids is 1. The normalized spacial score (nSPS) is 23.5. The quantitative estimate of drug-likeness (QED) is 0.857. The van der Waals surface area contributed by atoms with Crippen molar-refractivity contribution in [1.29, 1.82) is 0 Å². The lowest BCUT2D eigenvalue weighted by Gasteiger charge is -2.53. The molecule has 2 aliphatic heterocycles. The number of amides is 1. The van der Waals surface area contributed by atoms with Crippen molar-refractivity contribution in [1.82, 2.24) is 9.88 Å². The second-order valence-corrected chi connectivity index (χ2v) is 6.40. The van der Waals surface area contributed by atoms with Gasteiger partial charge in [-0.05, 0) is 12.1 Å². The highest BCUT2D eigenvalue weighted by Gasteiger charge is 2.50. The Bertz CT molecular complexity index is 558. The van der Waals surface area contributed by atoms with Crippen molar-refractivity contribution in [3.8, 4) is 5.88 Å². The van der Waals surface area contributed by atoms with Crippen LogP contribution >= 0.6 is 0 Å². The Kier molecular flexibility index (Phi) is 4.04. The number of pyridine rings is 1. The molecule has 0 unspecified atom stereocenters. The molecule has 1 amide bonds. The predicted octanol–water partition coefficient (Wildman–Crippen LogP) is 2.02. The molecule has 0 saturated carbocycles. The van der Waals surface area contributed by atoms with E-state index in [4.69, 9.17) is 9.47 Å². The summed E-state index contributed by atoms with van der Waals surface area (Å²) in [6, 6.07) is 2.87. The Hall–Kier alpha value is -1.69. The fourth-order valence-corrected chi connectivity index (χ4v) is 3.09. The van der Waals surface area contributed by atoms with Gasteiger partial charge in [-0.1, -0.05) is 13.8 Å². The first-order chi connectivity index (χ1) is 10.5. The van der Waals surface area contributed by atoms with Crippen molar-refractivity contribution >= 4 is 5.91 Å². The number of rotatable bonds is 3. The van der Waals surface area contributed by atoms with Gasteiger partial charge in [0.25, 0.3) is 5.88 Å². The van der Waals surface area contributed by atoms with Gasteiger partial charge in [-0.3, -0.25) is 4.79 Å². The average molecular weight is 308 g/mol. The summed E-state index contributed by atoms with van der Waals surface area (Å²) >= 11 is 0. The first-order valence-electron chi connectivity index (χ1n) is 7.69. The molecule has 3 heterocycles. The lowest BCUT2D eigenvalue weighted by Crippen LogP contribution is -2.68. The Morgan fingerprint density at radius 3 is 3.00 bits per heavy atom. The Morgan fingerprint density at radius 2 is 2.32 bits per heavy atom. The van der Waals surface area contributed by atoms with Crippen LogP contribution in [0.5, 0.6) is 5.88 Å². The van der Waals surface area contributed by atoms with Gasteiger partial charge in [0.2, 0.25) is 5.91 Å². The summed E-state index contributed by atoms with van der Waals surface area (Å²) < 4.78 is 25.2. The third kappa shape index (κ3) is 2.92. The molecular formula is C16H21FN2O3. The maximum Gasteiger partial charge on any atom is 0.250 e. The van der Waals surface area contributed by atoms with E-state index in [1.54, 1.807) is 0 Å². The lowest BCUT2D eigenvalue weighted by atomic mass is 9.84. The summed E-state index contributed by atoms with van der Waals surface area (Å²) in [4.78, 5) is 17.7. The predicted molar refractivity (Wildman–Crippen MR) is 77.9 cm³/mol. The van der Waals surface area contributed by atoms with Gasteiger partial charge in [0.1, 0.15) is 11.7 Å². The molecule has 6 heteroatoms. The van der Waals surface area contributed by atoms with E-state index >= 15 is 0 Å². The zero-order chi connectivity index (χ0) is 15.7. The van der Waals surface area contributed by atoms with Gasteiger partial charge in [-0.15, -0.1) is 0 Å². The first kappa shape index (κ1) is 15.2. The molecule has 0 aromatic carbocycles. The van der Waals surface area contributed by atoms with Gasteiger partial charge in [-0.25, -0.2) is 9.37 Å². The number of aromatic nitrogens is 1. The molecule has 0 bridgehead atoms. The number of ether oxygens (including phenoxy) is 2. The summed E-state index contributed by atoms with van der Waals surface area (Å²) in [5.41, 5.74) is -0.335. The third-order valence-electron chi connectivity index (χ3n) is 4.21. The van der Waals surface area contributed by atoms with E-state index in [9.17, 15) is 9.18 Å². The van der Waals surface area contributed by atoms with Gasteiger partial charge >= 0.3 is 0 Å². The second kappa shape index (κ2) is 5.83. The maximum atomic E-state index is 13.6. The van der Waals surface area contributed by atoms with Crippen LogP contribution in [0.25, 0.3) is 0 Å². The number of nitrogens with zero attached hydrogens (tertiary/aromatic N) is 2. The molecule has 2 fully saturated rings. The minimum absolute atomic E-state index is 0.00407. The van der Waals surface area contributed by atoms with E-state index in [-0.39, 0.29) is 29.4 Å². The van der Waals surface area contributed by atoms with E-state index in [2.05, 4.69) is 4.98 Å². The number of hydrogen-bond acceptors (Lipinski definition) is 4. The molecule has 1 aromatic heterocycles. The van der Waals surface area contributed by atoms with Gasteiger partial charge in [-0.2, -0.15) is 0 Å². The molecule has 0 N–H and O–H groups in total. The molecule has 0 aliphatic carbocycles. The van der Waals surface area contributed by atoms with E-state index in [0.29, 0.717) is 32.5 Å². The molecular weight excluding hydrogens is 287 g/mol. The SMILES string of the molecule is CC(C)C(=O)N1CC2(C[C@@H](Oc3ncccc3F)CCO2)C1. The zero-order valence-corrected chi connectivity index (χ0v) is 12.9. The molecule has 120 valence electrons. The largest absolute Gasteiger partial charge is 0.472 e. The molecule has 1 spiro atoms. The molecule has 3 rings (SSSR count). The Labute approximate surface area is 129 Å². The number of likely N-dealkylation sites (tertiary alicyclic amines) is 1.